The standard InChI is InChI=1S/C9H9NS/c1-2-4-8(5-3-1)9-6-11-7-10-9/h1-4,6-8H,5H2. The van der Waals surface area contributed by atoms with Gasteiger partial charge in [0.25, 0.3) is 0 Å². The first-order chi connectivity index (χ1) is 5.47. The molecule has 1 aromatic heterocycles. The molecule has 1 atom stereocenters. The van der Waals surface area contributed by atoms with Crippen molar-refractivity contribution in [2.75, 3.05) is 0 Å². The Morgan fingerprint density at radius 1 is 1.45 bits per heavy atom. The van der Waals surface area contributed by atoms with E-state index in [2.05, 4.69) is 34.7 Å². The highest BCUT2D eigenvalue weighted by Gasteiger charge is 2.08. The summed E-state index contributed by atoms with van der Waals surface area (Å²) in [6.45, 7) is 0. The van der Waals surface area contributed by atoms with Gasteiger partial charge in [0.15, 0.2) is 0 Å². The number of nitrogens with zero attached hydrogens (tertiary/aromatic N) is 1. The number of hydrogen-bond donors (Lipinski definition) is 0. The van der Waals surface area contributed by atoms with E-state index in [0.29, 0.717) is 5.92 Å². The Bertz CT molecular complexity index is 272. The first-order valence-corrected chi connectivity index (χ1v) is 4.62. The van der Waals surface area contributed by atoms with Crippen LogP contribution in [0, 0.1) is 0 Å². The highest BCUT2D eigenvalue weighted by atomic mass is 32.1. The predicted octanol–water partition coefficient (Wildman–Crippen LogP) is 2.74. The maximum atomic E-state index is 4.27. The van der Waals surface area contributed by atoms with Crippen LogP contribution < -0.4 is 0 Å². The zero-order valence-corrected chi connectivity index (χ0v) is 6.92. The molecule has 0 spiro atoms. The van der Waals surface area contributed by atoms with Crippen molar-refractivity contribution in [2.45, 2.75) is 12.3 Å². The summed E-state index contributed by atoms with van der Waals surface area (Å²) >= 11 is 1.66. The van der Waals surface area contributed by atoms with Crippen molar-refractivity contribution in [3.63, 3.8) is 0 Å². The Morgan fingerprint density at radius 2 is 2.45 bits per heavy atom. The second-order valence-electron chi connectivity index (χ2n) is 2.57. The molecule has 0 saturated carbocycles. The van der Waals surface area contributed by atoms with E-state index in [9.17, 15) is 0 Å². The van der Waals surface area contributed by atoms with Crippen molar-refractivity contribution in [1.82, 2.24) is 4.98 Å². The largest absolute Gasteiger partial charge is 0.249 e. The van der Waals surface area contributed by atoms with Crippen molar-refractivity contribution in [3.8, 4) is 0 Å². The SMILES string of the molecule is C1=CCC(c2cscn2)C=C1. The van der Waals surface area contributed by atoms with E-state index in [0.717, 1.165) is 6.42 Å². The van der Waals surface area contributed by atoms with Gasteiger partial charge in [-0.15, -0.1) is 11.3 Å². The Balaban J connectivity index is 2.19. The molecular formula is C9H9NS. The third-order valence-electron chi connectivity index (χ3n) is 1.81. The number of rotatable bonds is 1. The molecule has 0 amide bonds. The summed E-state index contributed by atoms with van der Waals surface area (Å²) in [4.78, 5) is 4.27. The Labute approximate surface area is 70.1 Å². The van der Waals surface area contributed by atoms with Crippen LogP contribution in [0.3, 0.4) is 0 Å². The molecule has 2 rings (SSSR count). The minimum absolute atomic E-state index is 0.520. The summed E-state index contributed by atoms with van der Waals surface area (Å²) in [6, 6.07) is 0. The van der Waals surface area contributed by atoms with Gasteiger partial charge in [0.1, 0.15) is 0 Å². The van der Waals surface area contributed by atoms with E-state index in [4.69, 9.17) is 0 Å². The third kappa shape index (κ3) is 1.40. The number of aromatic nitrogens is 1. The van der Waals surface area contributed by atoms with Gasteiger partial charge in [-0.25, -0.2) is 4.98 Å². The van der Waals surface area contributed by atoms with Gasteiger partial charge < -0.3 is 0 Å². The molecule has 0 aliphatic heterocycles. The van der Waals surface area contributed by atoms with Crippen molar-refractivity contribution in [1.29, 1.82) is 0 Å². The van der Waals surface area contributed by atoms with Gasteiger partial charge in [0.2, 0.25) is 0 Å². The summed E-state index contributed by atoms with van der Waals surface area (Å²) in [6.07, 6.45) is 9.66. The average molecular weight is 163 g/mol. The van der Waals surface area contributed by atoms with Gasteiger partial charge in [-0.1, -0.05) is 24.3 Å². The average Bonchev–Trinajstić information content (AvgIpc) is 2.58. The second-order valence-corrected chi connectivity index (χ2v) is 3.29. The summed E-state index contributed by atoms with van der Waals surface area (Å²) in [5.41, 5.74) is 3.09. The monoisotopic (exact) mass is 163 g/mol. The lowest BCUT2D eigenvalue weighted by atomic mass is 9.98. The number of allylic oxidation sites excluding steroid dienone is 4. The van der Waals surface area contributed by atoms with Gasteiger partial charge in [0, 0.05) is 11.3 Å². The summed E-state index contributed by atoms with van der Waals surface area (Å²) in [5, 5.41) is 2.12. The van der Waals surface area contributed by atoms with E-state index in [1.165, 1.54) is 5.69 Å². The lowest BCUT2D eigenvalue weighted by molar-refractivity contribution is 0.825. The normalized spacial score (nSPS) is 22.4. The molecule has 56 valence electrons. The van der Waals surface area contributed by atoms with Crippen LogP contribution in [0.4, 0.5) is 0 Å². The molecule has 0 N–H and O–H groups in total. The maximum Gasteiger partial charge on any atom is 0.0794 e. The van der Waals surface area contributed by atoms with Gasteiger partial charge in [0.05, 0.1) is 11.2 Å². The van der Waals surface area contributed by atoms with E-state index in [1.807, 2.05) is 5.51 Å². The fourth-order valence-corrected chi connectivity index (χ4v) is 1.82. The van der Waals surface area contributed by atoms with E-state index in [1.54, 1.807) is 11.3 Å². The van der Waals surface area contributed by atoms with Crippen molar-refractivity contribution < 1.29 is 0 Å². The first-order valence-electron chi connectivity index (χ1n) is 3.68. The minimum atomic E-state index is 0.520. The fourth-order valence-electron chi connectivity index (χ4n) is 1.20. The second kappa shape index (κ2) is 3.01. The number of hydrogen-bond acceptors (Lipinski definition) is 2. The maximum absolute atomic E-state index is 4.27. The molecule has 1 unspecified atom stereocenters. The third-order valence-corrected chi connectivity index (χ3v) is 2.42. The zero-order valence-electron chi connectivity index (χ0n) is 6.10. The van der Waals surface area contributed by atoms with Crippen molar-refractivity contribution in [2.24, 2.45) is 0 Å². The lowest BCUT2D eigenvalue weighted by Gasteiger charge is -2.08. The van der Waals surface area contributed by atoms with Gasteiger partial charge in [-0.05, 0) is 6.42 Å². The van der Waals surface area contributed by atoms with E-state index < -0.39 is 0 Å². The molecule has 1 aliphatic rings. The Hall–Kier alpha value is -0.890. The zero-order chi connectivity index (χ0) is 7.52. The molecular weight excluding hydrogens is 154 g/mol. The highest BCUT2D eigenvalue weighted by Crippen LogP contribution is 2.23. The predicted molar refractivity (Wildman–Crippen MR) is 47.8 cm³/mol. The molecule has 0 fully saturated rings. The quantitative estimate of drug-likeness (QED) is 0.620. The number of thiazole rings is 1. The molecule has 2 heteroatoms. The first kappa shape index (κ1) is 6.80. The van der Waals surface area contributed by atoms with Crippen molar-refractivity contribution >= 4 is 11.3 Å². The molecule has 0 aromatic carbocycles. The van der Waals surface area contributed by atoms with Crippen molar-refractivity contribution in [3.05, 3.63) is 40.9 Å². The van der Waals surface area contributed by atoms with Crippen LogP contribution in [0.2, 0.25) is 0 Å². The van der Waals surface area contributed by atoms with Crippen LogP contribution in [0.25, 0.3) is 0 Å². The molecule has 0 radical (unpaired) electrons. The summed E-state index contributed by atoms with van der Waals surface area (Å²) in [7, 11) is 0. The molecule has 1 aromatic rings. The van der Waals surface area contributed by atoms with Crippen LogP contribution in [0.15, 0.2) is 35.2 Å². The van der Waals surface area contributed by atoms with E-state index in [-0.39, 0.29) is 0 Å². The minimum Gasteiger partial charge on any atom is -0.249 e. The molecule has 0 bridgehead atoms. The molecule has 11 heavy (non-hydrogen) atoms. The van der Waals surface area contributed by atoms with Crippen LogP contribution in [-0.2, 0) is 0 Å². The van der Waals surface area contributed by atoms with Crippen LogP contribution in [-0.4, -0.2) is 4.98 Å². The molecule has 1 heterocycles. The van der Waals surface area contributed by atoms with Crippen LogP contribution in [0.1, 0.15) is 18.0 Å². The lowest BCUT2D eigenvalue weighted by Crippen LogP contribution is -1.95. The van der Waals surface area contributed by atoms with Crippen LogP contribution >= 0.6 is 11.3 Å². The van der Waals surface area contributed by atoms with E-state index >= 15 is 0 Å². The smallest absolute Gasteiger partial charge is 0.0794 e. The van der Waals surface area contributed by atoms with Gasteiger partial charge in [-0.3, -0.25) is 0 Å². The highest BCUT2D eigenvalue weighted by molar-refractivity contribution is 7.07. The summed E-state index contributed by atoms with van der Waals surface area (Å²) < 4.78 is 0. The molecule has 1 aliphatic carbocycles. The Kier molecular flexibility index (Phi) is 1.86. The van der Waals surface area contributed by atoms with Gasteiger partial charge in [-0.2, -0.15) is 0 Å². The molecule has 1 nitrogen and oxygen atoms in total. The fraction of sp³-hybridized carbons (Fsp3) is 0.222. The Morgan fingerprint density at radius 3 is 3.09 bits per heavy atom. The van der Waals surface area contributed by atoms with Gasteiger partial charge >= 0.3 is 0 Å². The summed E-state index contributed by atoms with van der Waals surface area (Å²) in [5.74, 6) is 0.520. The topological polar surface area (TPSA) is 12.9 Å². The molecule has 0 saturated heterocycles. The van der Waals surface area contributed by atoms with Crippen LogP contribution in [0.5, 0.6) is 0 Å².